The molecule has 0 aromatic heterocycles. The van der Waals surface area contributed by atoms with Gasteiger partial charge in [0.15, 0.2) is 0 Å². The molecule has 0 unspecified atom stereocenters. The Morgan fingerprint density at radius 1 is 0.317 bits per heavy atom. The maximum Gasteiger partial charge on any atom is 0.317 e. The van der Waals surface area contributed by atoms with E-state index in [1.165, 1.54) is 167 Å². The number of esters is 2. The highest BCUT2D eigenvalue weighted by Gasteiger charge is 2.11. The molecule has 0 saturated carbocycles. The van der Waals surface area contributed by atoms with Crippen LogP contribution in [0.4, 0.5) is 0 Å². The van der Waals surface area contributed by atoms with E-state index < -0.39 is 11.9 Å². The van der Waals surface area contributed by atoms with Gasteiger partial charge in [-0.3, -0.25) is 9.59 Å². The molecule has 0 rings (SSSR count). The second kappa shape index (κ2) is 35.1. The lowest BCUT2D eigenvalue weighted by Gasteiger charge is -2.07. The van der Waals surface area contributed by atoms with Gasteiger partial charge in [0.05, 0.1) is 13.2 Å². The zero-order chi connectivity index (χ0) is 29.9. The fourth-order valence-electron chi connectivity index (χ4n) is 5.54. The zero-order valence-electron chi connectivity index (χ0n) is 28.0. The Morgan fingerprint density at radius 3 is 0.732 bits per heavy atom. The number of hydrogen-bond donors (Lipinski definition) is 0. The lowest BCUT2D eigenvalue weighted by atomic mass is 10.0. The van der Waals surface area contributed by atoms with Crippen molar-refractivity contribution < 1.29 is 19.1 Å². The average molecular weight is 581 g/mol. The molecule has 0 aromatic rings. The normalized spacial score (nSPS) is 11.2. The largest absolute Gasteiger partial charge is 0.465 e. The molecular formula is C37H72O4. The Labute approximate surface area is 256 Å². The van der Waals surface area contributed by atoms with Gasteiger partial charge in [0.2, 0.25) is 0 Å². The summed E-state index contributed by atoms with van der Waals surface area (Å²) in [5, 5.41) is 0. The van der Waals surface area contributed by atoms with Crippen LogP contribution >= 0.6 is 0 Å². The molecule has 0 spiro atoms. The molecule has 0 aliphatic carbocycles. The van der Waals surface area contributed by atoms with Crippen LogP contribution in [-0.4, -0.2) is 25.2 Å². The summed E-state index contributed by atoms with van der Waals surface area (Å²) < 4.78 is 10.4. The van der Waals surface area contributed by atoms with E-state index in [-0.39, 0.29) is 6.42 Å². The maximum atomic E-state index is 11.9. The molecule has 0 aromatic carbocycles. The van der Waals surface area contributed by atoms with Gasteiger partial charge in [-0.15, -0.1) is 0 Å². The van der Waals surface area contributed by atoms with Crippen molar-refractivity contribution in [3.8, 4) is 0 Å². The quantitative estimate of drug-likeness (QED) is 0.0431. The molecule has 0 saturated heterocycles. The first-order chi connectivity index (χ1) is 20.2. The maximum absolute atomic E-state index is 11.9. The van der Waals surface area contributed by atoms with Crippen LogP contribution in [0.25, 0.3) is 0 Å². The Kier molecular flexibility index (Phi) is 34.2. The van der Waals surface area contributed by atoms with E-state index in [2.05, 4.69) is 13.8 Å². The summed E-state index contributed by atoms with van der Waals surface area (Å²) in [6, 6.07) is 0. The monoisotopic (exact) mass is 581 g/mol. The van der Waals surface area contributed by atoms with E-state index in [0.29, 0.717) is 13.2 Å². The number of rotatable bonds is 34. The minimum absolute atomic E-state index is 0.253. The van der Waals surface area contributed by atoms with Crippen LogP contribution in [0.5, 0.6) is 0 Å². The molecule has 41 heavy (non-hydrogen) atoms. The Hall–Kier alpha value is -1.06. The van der Waals surface area contributed by atoms with E-state index in [0.717, 1.165) is 25.7 Å². The fourth-order valence-corrected chi connectivity index (χ4v) is 5.54. The summed E-state index contributed by atoms with van der Waals surface area (Å²) in [5.41, 5.74) is 0. The van der Waals surface area contributed by atoms with Gasteiger partial charge in [-0.1, -0.05) is 194 Å². The Morgan fingerprint density at radius 2 is 0.512 bits per heavy atom. The first-order valence-electron chi connectivity index (χ1n) is 18.5. The molecule has 0 atom stereocenters. The van der Waals surface area contributed by atoms with Gasteiger partial charge < -0.3 is 9.47 Å². The van der Waals surface area contributed by atoms with Crippen LogP contribution < -0.4 is 0 Å². The van der Waals surface area contributed by atoms with E-state index >= 15 is 0 Å². The molecule has 0 fully saturated rings. The predicted molar refractivity (Wildman–Crippen MR) is 176 cm³/mol. The molecule has 0 radical (unpaired) electrons. The van der Waals surface area contributed by atoms with Gasteiger partial charge in [0, 0.05) is 0 Å². The van der Waals surface area contributed by atoms with Crippen molar-refractivity contribution in [3.63, 3.8) is 0 Å². The summed E-state index contributed by atoms with van der Waals surface area (Å²) in [6.45, 7) is 5.39. The van der Waals surface area contributed by atoms with Crippen molar-refractivity contribution >= 4 is 11.9 Å². The van der Waals surface area contributed by atoms with Crippen LogP contribution in [0.1, 0.15) is 213 Å². The summed E-state index contributed by atoms with van der Waals surface area (Å²) in [5.74, 6) is -0.895. The minimum atomic E-state index is -0.447. The van der Waals surface area contributed by atoms with Crippen LogP contribution in [0.15, 0.2) is 0 Å². The van der Waals surface area contributed by atoms with Crippen molar-refractivity contribution in [2.75, 3.05) is 13.2 Å². The lowest BCUT2D eigenvalue weighted by molar-refractivity contribution is -0.154. The number of hydrogen-bond acceptors (Lipinski definition) is 4. The minimum Gasteiger partial charge on any atom is -0.465 e. The third-order valence-electron chi connectivity index (χ3n) is 8.31. The van der Waals surface area contributed by atoms with Gasteiger partial charge in [-0.2, -0.15) is 0 Å². The standard InChI is InChI=1S/C37H72O4/c1-3-5-7-9-11-13-15-17-19-21-23-25-27-29-31-33-40-36(38)35-37(39)41-34-32-30-28-26-24-22-20-18-16-14-12-10-8-6-4-2/h3-35H2,1-2H3. The average Bonchev–Trinajstić information content (AvgIpc) is 2.96. The SMILES string of the molecule is CCCCCCCCCCCCCCCCCOC(=O)CC(=O)OCCCCCCCCCCCCCCCCC. The van der Waals surface area contributed by atoms with Gasteiger partial charge in [0.1, 0.15) is 6.42 Å². The van der Waals surface area contributed by atoms with Crippen LogP contribution in [0.2, 0.25) is 0 Å². The third kappa shape index (κ3) is 35.0. The van der Waals surface area contributed by atoms with Crippen molar-refractivity contribution in [1.82, 2.24) is 0 Å². The molecule has 0 aliphatic rings. The molecule has 4 nitrogen and oxygen atoms in total. The summed E-state index contributed by atoms with van der Waals surface area (Å²) in [4.78, 5) is 23.7. The van der Waals surface area contributed by atoms with Crippen molar-refractivity contribution in [2.24, 2.45) is 0 Å². The van der Waals surface area contributed by atoms with Crippen LogP contribution in [0, 0.1) is 0 Å². The smallest absolute Gasteiger partial charge is 0.317 e. The van der Waals surface area contributed by atoms with E-state index in [9.17, 15) is 9.59 Å². The van der Waals surface area contributed by atoms with Gasteiger partial charge in [-0.25, -0.2) is 0 Å². The molecule has 0 amide bonds. The summed E-state index contributed by atoms with van der Waals surface area (Å²) in [7, 11) is 0. The molecule has 0 bridgehead atoms. The number of ether oxygens (including phenoxy) is 2. The first kappa shape index (κ1) is 39.9. The second-order valence-electron chi connectivity index (χ2n) is 12.5. The Bertz CT molecular complexity index is 487. The second-order valence-corrected chi connectivity index (χ2v) is 12.5. The molecule has 0 heterocycles. The van der Waals surface area contributed by atoms with E-state index in [1.54, 1.807) is 0 Å². The number of carbonyl (C=O) groups is 2. The fraction of sp³-hybridized carbons (Fsp3) is 0.946. The van der Waals surface area contributed by atoms with Crippen molar-refractivity contribution in [1.29, 1.82) is 0 Å². The van der Waals surface area contributed by atoms with Gasteiger partial charge in [-0.05, 0) is 12.8 Å². The number of unbranched alkanes of at least 4 members (excludes halogenated alkanes) is 28. The molecule has 0 N–H and O–H groups in total. The third-order valence-corrected chi connectivity index (χ3v) is 8.31. The van der Waals surface area contributed by atoms with Crippen LogP contribution in [0.3, 0.4) is 0 Å². The molecule has 0 aliphatic heterocycles. The molecular weight excluding hydrogens is 508 g/mol. The van der Waals surface area contributed by atoms with Gasteiger partial charge in [0.25, 0.3) is 0 Å². The highest BCUT2D eigenvalue weighted by Crippen LogP contribution is 2.15. The highest BCUT2D eigenvalue weighted by molar-refractivity contribution is 5.91. The van der Waals surface area contributed by atoms with Crippen molar-refractivity contribution in [2.45, 2.75) is 213 Å². The zero-order valence-corrected chi connectivity index (χ0v) is 28.0. The van der Waals surface area contributed by atoms with Gasteiger partial charge >= 0.3 is 11.9 Å². The Balaban J connectivity index is 3.27. The van der Waals surface area contributed by atoms with Crippen LogP contribution in [-0.2, 0) is 19.1 Å². The van der Waals surface area contributed by atoms with E-state index in [4.69, 9.17) is 9.47 Å². The highest BCUT2D eigenvalue weighted by atomic mass is 16.6. The molecule has 4 heteroatoms. The lowest BCUT2D eigenvalue weighted by Crippen LogP contribution is -2.15. The van der Waals surface area contributed by atoms with E-state index in [1.807, 2.05) is 0 Å². The number of carbonyl (C=O) groups excluding carboxylic acids is 2. The first-order valence-corrected chi connectivity index (χ1v) is 18.5. The predicted octanol–water partition coefficient (Wildman–Crippen LogP) is 12.2. The summed E-state index contributed by atoms with van der Waals surface area (Å²) in [6.07, 6.45) is 39.2. The summed E-state index contributed by atoms with van der Waals surface area (Å²) >= 11 is 0. The topological polar surface area (TPSA) is 52.6 Å². The van der Waals surface area contributed by atoms with Crippen molar-refractivity contribution in [3.05, 3.63) is 0 Å². The molecule has 244 valence electrons.